The number of aliphatic hydroxyl groups excluding tert-OH is 2. The average Bonchev–Trinajstić information content (AvgIpc) is 2.43. The van der Waals surface area contributed by atoms with Gasteiger partial charge in [0.25, 0.3) is 0 Å². The van der Waals surface area contributed by atoms with Gasteiger partial charge in [-0.3, -0.25) is 0 Å². The van der Waals surface area contributed by atoms with Crippen molar-refractivity contribution in [3.8, 4) is 11.3 Å². The molecule has 0 aromatic carbocycles. The van der Waals surface area contributed by atoms with Crippen molar-refractivity contribution in [2.75, 3.05) is 6.61 Å². The summed E-state index contributed by atoms with van der Waals surface area (Å²) < 4.78 is 4.87. The molecule has 0 amide bonds. The van der Waals surface area contributed by atoms with Crippen molar-refractivity contribution in [2.24, 2.45) is 5.11 Å². The van der Waals surface area contributed by atoms with Gasteiger partial charge in [-0.25, -0.2) is 0 Å². The molecule has 0 spiro atoms. The zero-order valence-corrected chi connectivity index (χ0v) is 8.66. The van der Waals surface area contributed by atoms with Crippen LogP contribution in [-0.4, -0.2) is 53.2 Å². The van der Waals surface area contributed by atoms with Crippen molar-refractivity contribution in [3.63, 3.8) is 0 Å². The quantitative estimate of drug-likeness (QED) is 0.186. The summed E-state index contributed by atoms with van der Waals surface area (Å²) in [6.07, 6.45) is -1.82. The molecule has 4 atom stereocenters. The van der Waals surface area contributed by atoms with Gasteiger partial charge in [0, 0.05) is 10.3 Å². The Kier molecular flexibility index (Phi) is 3.70. The minimum Gasteiger partial charge on any atom is -0.393 e. The first-order valence-corrected chi connectivity index (χ1v) is 4.48. The van der Waals surface area contributed by atoms with E-state index in [4.69, 9.17) is 34.8 Å². The van der Waals surface area contributed by atoms with Crippen LogP contribution in [0.15, 0.2) is 5.11 Å². The van der Waals surface area contributed by atoms with Crippen LogP contribution in [0.5, 0.6) is 0 Å². The summed E-state index contributed by atoms with van der Waals surface area (Å²) in [5, 5.41) is 33.6. The van der Waals surface area contributed by atoms with Crippen molar-refractivity contribution in [3.05, 3.63) is 10.4 Å². The van der Waals surface area contributed by atoms with Gasteiger partial charge in [0.1, 0.15) is 14.0 Å². The van der Waals surface area contributed by atoms with E-state index in [1.807, 2.05) is 11.3 Å². The highest BCUT2D eigenvalue weighted by Crippen LogP contribution is 2.38. The fourth-order valence-electron chi connectivity index (χ4n) is 1.40. The molecule has 1 heterocycles. The second-order valence-corrected chi connectivity index (χ2v) is 3.37. The van der Waals surface area contributed by atoms with Crippen molar-refractivity contribution in [1.82, 2.24) is 0 Å². The van der Waals surface area contributed by atoms with Crippen LogP contribution in [0.2, 0.25) is 0 Å². The molecule has 1 aliphatic rings. The zero-order valence-electron chi connectivity index (χ0n) is 7.91. The van der Waals surface area contributed by atoms with E-state index in [2.05, 4.69) is 10.0 Å². The van der Waals surface area contributed by atoms with Crippen LogP contribution in [0.4, 0.5) is 0 Å². The Balaban J connectivity index is 3.22. The molecule has 1 aliphatic heterocycles. The molecule has 1 fully saturated rings. The Morgan fingerprint density at radius 3 is 2.75 bits per heavy atom. The largest absolute Gasteiger partial charge is 0.393 e. The second-order valence-electron chi connectivity index (χ2n) is 3.18. The van der Waals surface area contributed by atoms with Gasteiger partial charge in [-0.1, -0.05) is 5.11 Å². The van der Waals surface area contributed by atoms with Crippen molar-refractivity contribution < 1.29 is 20.1 Å². The Labute approximate surface area is 97.0 Å². The summed E-state index contributed by atoms with van der Waals surface area (Å²) in [4.78, 5) is 2.40. The SMILES string of the molecule is [B]C1O[C@@](CO)(N=[N+]=[N-])C(O)C1(O)C#CCl. The highest BCUT2D eigenvalue weighted by atomic mass is 35.5. The Hall–Kier alpha value is -0.935. The standard InChI is InChI=1S/C7H7BClN3O4/c8-5-6(15,1-2-9)4(14)7(3-13,16-5)11-12-10/h4-5,13-15H,3H2/t4?,5?,6?,7-/m1/s1. The van der Waals surface area contributed by atoms with Crippen LogP contribution < -0.4 is 0 Å². The lowest BCUT2D eigenvalue weighted by molar-refractivity contribution is -0.0976. The first-order valence-electron chi connectivity index (χ1n) is 4.10. The van der Waals surface area contributed by atoms with Crippen LogP contribution in [-0.2, 0) is 4.74 Å². The predicted molar refractivity (Wildman–Crippen MR) is 54.2 cm³/mol. The molecule has 1 saturated heterocycles. The van der Waals surface area contributed by atoms with Crippen LogP contribution in [0.25, 0.3) is 10.4 Å². The zero-order chi connectivity index (χ0) is 12.4. The number of hydrogen-bond donors (Lipinski definition) is 3. The molecule has 2 radical (unpaired) electrons. The Morgan fingerprint density at radius 1 is 1.69 bits per heavy atom. The van der Waals surface area contributed by atoms with E-state index in [-0.39, 0.29) is 0 Å². The minimum absolute atomic E-state index is 0.863. The Morgan fingerprint density at radius 2 is 2.31 bits per heavy atom. The summed E-state index contributed by atoms with van der Waals surface area (Å²) >= 11 is 5.11. The third-order valence-corrected chi connectivity index (χ3v) is 2.39. The first-order chi connectivity index (χ1) is 7.46. The van der Waals surface area contributed by atoms with Crippen LogP contribution in [0, 0.1) is 11.3 Å². The number of nitrogens with zero attached hydrogens (tertiary/aromatic N) is 3. The molecule has 1 rings (SSSR count). The molecule has 84 valence electrons. The molecule has 0 aromatic heterocycles. The number of azide groups is 1. The lowest BCUT2D eigenvalue weighted by Gasteiger charge is -2.27. The fourth-order valence-corrected chi connectivity index (χ4v) is 1.55. The van der Waals surface area contributed by atoms with E-state index in [1.54, 1.807) is 0 Å². The fraction of sp³-hybridized carbons (Fsp3) is 0.714. The summed E-state index contributed by atoms with van der Waals surface area (Å²) in [5.41, 5.74) is 4.02. The highest BCUT2D eigenvalue weighted by molar-refractivity contribution is 6.30. The number of rotatable bonds is 2. The molecule has 0 aromatic rings. The van der Waals surface area contributed by atoms with E-state index in [0.717, 1.165) is 0 Å². The third-order valence-electron chi connectivity index (χ3n) is 2.30. The maximum atomic E-state index is 9.87. The van der Waals surface area contributed by atoms with Crippen LogP contribution in [0.3, 0.4) is 0 Å². The average molecular weight is 243 g/mol. The third kappa shape index (κ3) is 1.74. The highest BCUT2D eigenvalue weighted by Gasteiger charge is 2.60. The van der Waals surface area contributed by atoms with Gasteiger partial charge in [-0.05, 0) is 23.1 Å². The lowest BCUT2D eigenvalue weighted by atomic mass is 9.80. The van der Waals surface area contributed by atoms with Gasteiger partial charge in [0.2, 0.25) is 0 Å². The maximum absolute atomic E-state index is 9.87. The first kappa shape index (κ1) is 13.1. The van der Waals surface area contributed by atoms with Gasteiger partial charge in [0.15, 0.2) is 11.3 Å². The van der Waals surface area contributed by atoms with E-state index >= 15 is 0 Å². The van der Waals surface area contributed by atoms with E-state index in [1.165, 1.54) is 0 Å². The Bertz CT molecular complexity index is 393. The molecule has 0 aliphatic carbocycles. The molecular weight excluding hydrogens is 236 g/mol. The lowest BCUT2D eigenvalue weighted by Crippen LogP contribution is -2.51. The molecule has 7 nitrogen and oxygen atoms in total. The predicted octanol–water partition coefficient (Wildman–Crippen LogP) is -1.20. The molecule has 16 heavy (non-hydrogen) atoms. The van der Waals surface area contributed by atoms with Gasteiger partial charge in [-0.15, -0.1) is 0 Å². The van der Waals surface area contributed by atoms with Gasteiger partial charge in [0.05, 0.1) is 12.6 Å². The maximum Gasteiger partial charge on any atom is 0.199 e. The van der Waals surface area contributed by atoms with Gasteiger partial charge >= 0.3 is 0 Å². The number of aliphatic hydroxyl groups is 3. The van der Waals surface area contributed by atoms with E-state index < -0.39 is 30.0 Å². The summed E-state index contributed by atoms with van der Waals surface area (Å²) in [6, 6.07) is -1.47. The van der Waals surface area contributed by atoms with Crippen molar-refractivity contribution in [1.29, 1.82) is 0 Å². The minimum atomic E-state index is -2.21. The van der Waals surface area contributed by atoms with Crippen molar-refractivity contribution >= 4 is 19.4 Å². The monoisotopic (exact) mass is 243 g/mol. The topological polar surface area (TPSA) is 119 Å². The molecular formula is C7H7BClN3O4. The summed E-state index contributed by atoms with van der Waals surface area (Å²) in [5.74, 6) is 2.04. The van der Waals surface area contributed by atoms with Crippen LogP contribution >= 0.6 is 11.6 Å². The van der Waals surface area contributed by atoms with Crippen molar-refractivity contribution in [2.45, 2.75) is 23.4 Å². The summed E-state index contributed by atoms with van der Waals surface area (Å²) in [6.45, 7) is -0.863. The molecule has 3 unspecified atom stereocenters. The second kappa shape index (κ2) is 4.51. The van der Waals surface area contributed by atoms with E-state index in [9.17, 15) is 10.2 Å². The number of ether oxygens (including phenoxy) is 1. The molecule has 3 N–H and O–H groups in total. The normalized spacial score (nSPS) is 42.0. The molecule has 9 heteroatoms. The smallest absolute Gasteiger partial charge is 0.199 e. The molecule has 0 bridgehead atoms. The van der Waals surface area contributed by atoms with Gasteiger partial charge in [-0.2, -0.15) is 0 Å². The van der Waals surface area contributed by atoms with Gasteiger partial charge < -0.3 is 20.1 Å². The number of hydrogen-bond acceptors (Lipinski definition) is 5. The number of halogens is 1. The van der Waals surface area contributed by atoms with E-state index in [0.29, 0.717) is 0 Å². The molecule has 0 saturated carbocycles. The van der Waals surface area contributed by atoms with Crippen LogP contribution in [0.1, 0.15) is 0 Å². The summed E-state index contributed by atoms with van der Waals surface area (Å²) in [7, 11) is 5.38.